The Morgan fingerprint density at radius 1 is 1.19 bits per heavy atom. The summed E-state index contributed by atoms with van der Waals surface area (Å²) in [7, 11) is 0. The van der Waals surface area contributed by atoms with Crippen LogP contribution < -0.4 is 10.1 Å². The average Bonchev–Trinajstić information content (AvgIpc) is 2.40. The quantitative estimate of drug-likeness (QED) is 0.440. The third-order valence-electron chi connectivity index (χ3n) is 2.25. The molecule has 1 aromatic rings. The molecule has 0 saturated heterocycles. The number of halogens is 3. The Hall–Kier alpha value is -0.940. The summed E-state index contributed by atoms with van der Waals surface area (Å²) in [5.74, 6) is 0.0239. The maximum atomic E-state index is 11.6. The maximum absolute atomic E-state index is 11.6. The zero-order chi connectivity index (χ0) is 15.8. The summed E-state index contributed by atoms with van der Waals surface area (Å²) in [6.45, 7) is 6.69. The molecule has 21 heavy (non-hydrogen) atoms. The molecule has 0 spiro atoms. The Bertz CT molecular complexity index is 520. The van der Waals surface area contributed by atoms with Crippen molar-refractivity contribution in [3.8, 4) is 5.75 Å². The van der Waals surface area contributed by atoms with Crippen LogP contribution >= 0.6 is 34.8 Å². The minimum atomic E-state index is -0.281. The van der Waals surface area contributed by atoms with Gasteiger partial charge in [0.05, 0.1) is 28.3 Å². The summed E-state index contributed by atoms with van der Waals surface area (Å²) < 4.78 is 10.5. The number of benzene rings is 1. The van der Waals surface area contributed by atoms with Gasteiger partial charge >= 0.3 is 0 Å². The van der Waals surface area contributed by atoms with Gasteiger partial charge in [0.25, 0.3) is 5.91 Å². The molecular formula is C14H16Cl3NO3. The van der Waals surface area contributed by atoms with Crippen molar-refractivity contribution in [3.63, 3.8) is 0 Å². The molecule has 116 valence electrons. The van der Waals surface area contributed by atoms with E-state index in [4.69, 9.17) is 44.3 Å². The smallest absolute Gasteiger partial charge is 0.258 e. The van der Waals surface area contributed by atoms with E-state index >= 15 is 0 Å². The van der Waals surface area contributed by atoms with E-state index in [9.17, 15) is 4.79 Å². The second kappa shape index (κ2) is 9.15. The zero-order valence-electron chi connectivity index (χ0n) is 11.5. The highest BCUT2D eigenvalue weighted by molar-refractivity contribution is 6.43. The number of rotatable bonds is 8. The minimum absolute atomic E-state index is 0.168. The molecule has 0 heterocycles. The van der Waals surface area contributed by atoms with Crippen LogP contribution in [0.25, 0.3) is 0 Å². The molecule has 0 aliphatic rings. The van der Waals surface area contributed by atoms with Crippen LogP contribution in [0.4, 0.5) is 0 Å². The maximum Gasteiger partial charge on any atom is 0.258 e. The number of hydrogen-bond donors (Lipinski definition) is 1. The Balaban J connectivity index is 2.30. The third kappa shape index (κ3) is 7.05. The summed E-state index contributed by atoms with van der Waals surface area (Å²) >= 11 is 17.6. The summed E-state index contributed by atoms with van der Waals surface area (Å²) in [5.41, 5.74) is 0.930. The van der Waals surface area contributed by atoms with Gasteiger partial charge in [-0.2, -0.15) is 0 Å². The first kappa shape index (κ1) is 18.1. The van der Waals surface area contributed by atoms with Crippen molar-refractivity contribution in [2.45, 2.75) is 6.92 Å². The fourth-order valence-corrected chi connectivity index (χ4v) is 1.91. The van der Waals surface area contributed by atoms with E-state index < -0.39 is 0 Å². The lowest BCUT2D eigenvalue weighted by Gasteiger charge is -2.10. The van der Waals surface area contributed by atoms with Gasteiger partial charge in [-0.3, -0.25) is 4.79 Å². The lowest BCUT2D eigenvalue weighted by molar-refractivity contribution is -0.123. The van der Waals surface area contributed by atoms with Crippen LogP contribution in [0.2, 0.25) is 15.1 Å². The molecule has 4 nitrogen and oxygen atoms in total. The second-order valence-corrected chi connectivity index (χ2v) is 5.57. The van der Waals surface area contributed by atoms with Crippen LogP contribution in [0.5, 0.6) is 5.75 Å². The number of amides is 1. The van der Waals surface area contributed by atoms with Crippen LogP contribution in [0, 0.1) is 0 Å². The molecule has 0 aliphatic heterocycles. The van der Waals surface area contributed by atoms with Gasteiger partial charge in [0.15, 0.2) is 6.61 Å². The predicted molar refractivity (Wildman–Crippen MR) is 85.6 cm³/mol. The third-order valence-corrected chi connectivity index (χ3v) is 3.27. The molecular weight excluding hydrogens is 337 g/mol. The molecule has 1 N–H and O–H groups in total. The highest BCUT2D eigenvalue weighted by atomic mass is 35.5. The van der Waals surface area contributed by atoms with E-state index in [1.807, 2.05) is 6.92 Å². The summed E-state index contributed by atoms with van der Waals surface area (Å²) in [6, 6.07) is 2.93. The Kier molecular flexibility index (Phi) is 7.89. The Labute approximate surface area is 139 Å². The summed E-state index contributed by atoms with van der Waals surface area (Å²) in [5, 5.41) is 3.58. The Morgan fingerprint density at radius 2 is 1.86 bits per heavy atom. The van der Waals surface area contributed by atoms with E-state index in [-0.39, 0.29) is 12.5 Å². The largest absolute Gasteiger partial charge is 0.482 e. The zero-order valence-corrected chi connectivity index (χ0v) is 13.8. The van der Waals surface area contributed by atoms with Gasteiger partial charge in [-0.05, 0) is 13.0 Å². The van der Waals surface area contributed by atoms with E-state index in [2.05, 4.69) is 11.9 Å². The van der Waals surface area contributed by atoms with Gasteiger partial charge in [-0.1, -0.05) is 47.0 Å². The fourth-order valence-electron chi connectivity index (χ4n) is 1.32. The van der Waals surface area contributed by atoms with E-state index in [1.165, 1.54) is 12.1 Å². The summed E-state index contributed by atoms with van der Waals surface area (Å²) in [6.07, 6.45) is 0. The average molecular weight is 353 g/mol. The first-order valence-electron chi connectivity index (χ1n) is 6.16. The molecule has 0 bridgehead atoms. The SMILES string of the molecule is C=C(C)COCCNC(=O)COc1cc(Cl)c(Cl)cc1Cl. The molecule has 1 rings (SSSR count). The van der Waals surface area contributed by atoms with E-state index in [0.29, 0.717) is 40.6 Å². The van der Waals surface area contributed by atoms with Crippen molar-refractivity contribution in [2.24, 2.45) is 0 Å². The molecule has 0 saturated carbocycles. The van der Waals surface area contributed by atoms with Gasteiger partial charge < -0.3 is 14.8 Å². The van der Waals surface area contributed by atoms with Crippen LogP contribution in [-0.2, 0) is 9.53 Å². The molecule has 1 amide bonds. The number of nitrogens with one attached hydrogen (secondary N) is 1. The minimum Gasteiger partial charge on any atom is -0.482 e. The van der Waals surface area contributed by atoms with E-state index in [0.717, 1.165) is 5.57 Å². The van der Waals surface area contributed by atoms with Crippen LogP contribution in [0.3, 0.4) is 0 Å². The van der Waals surface area contributed by atoms with Gasteiger partial charge in [-0.15, -0.1) is 0 Å². The molecule has 0 radical (unpaired) electrons. The number of carbonyl (C=O) groups is 1. The Morgan fingerprint density at radius 3 is 2.52 bits per heavy atom. The van der Waals surface area contributed by atoms with Crippen molar-refractivity contribution in [2.75, 3.05) is 26.4 Å². The predicted octanol–water partition coefficient (Wildman–Crippen LogP) is 3.73. The molecule has 0 unspecified atom stereocenters. The highest BCUT2D eigenvalue weighted by Gasteiger charge is 2.09. The normalized spacial score (nSPS) is 10.3. The highest BCUT2D eigenvalue weighted by Crippen LogP contribution is 2.33. The van der Waals surface area contributed by atoms with Crippen molar-refractivity contribution >= 4 is 40.7 Å². The first-order valence-corrected chi connectivity index (χ1v) is 7.29. The van der Waals surface area contributed by atoms with Gasteiger partial charge in [0, 0.05) is 12.6 Å². The van der Waals surface area contributed by atoms with Crippen LogP contribution in [-0.4, -0.2) is 32.3 Å². The standard InChI is InChI=1S/C14H16Cl3NO3/c1-9(2)7-20-4-3-18-14(19)8-21-13-6-11(16)10(15)5-12(13)17/h5-6H,1,3-4,7-8H2,2H3,(H,18,19). The molecule has 0 atom stereocenters. The van der Waals surface area contributed by atoms with Gasteiger partial charge in [0.1, 0.15) is 5.75 Å². The molecule has 7 heteroatoms. The summed E-state index contributed by atoms with van der Waals surface area (Å²) in [4.78, 5) is 11.6. The number of ether oxygens (including phenoxy) is 2. The topological polar surface area (TPSA) is 47.6 Å². The van der Waals surface area contributed by atoms with Crippen molar-refractivity contribution in [1.82, 2.24) is 5.32 Å². The number of hydrogen-bond acceptors (Lipinski definition) is 3. The van der Waals surface area contributed by atoms with Crippen LogP contribution in [0.1, 0.15) is 6.92 Å². The monoisotopic (exact) mass is 351 g/mol. The fraction of sp³-hybridized carbons (Fsp3) is 0.357. The lowest BCUT2D eigenvalue weighted by Crippen LogP contribution is -2.31. The van der Waals surface area contributed by atoms with Crippen molar-refractivity contribution < 1.29 is 14.3 Å². The molecule has 0 aromatic heterocycles. The van der Waals surface area contributed by atoms with Crippen LogP contribution in [0.15, 0.2) is 24.3 Å². The first-order chi connectivity index (χ1) is 9.90. The van der Waals surface area contributed by atoms with Gasteiger partial charge in [0.2, 0.25) is 0 Å². The van der Waals surface area contributed by atoms with Crippen molar-refractivity contribution in [3.05, 3.63) is 39.4 Å². The van der Waals surface area contributed by atoms with Gasteiger partial charge in [-0.25, -0.2) is 0 Å². The van der Waals surface area contributed by atoms with E-state index in [1.54, 1.807) is 0 Å². The molecule has 0 fully saturated rings. The molecule has 0 aliphatic carbocycles. The second-order valence-electron chi connectivity index (χ2n) is 4.35. The number of carbonyl (C=O) groups excluding carboxylic acids is 1. The molecule has 1 aromatic carbocycles. The lowest BCUT2D eigenvalue weighted by atomic mass is 10.3. The van der Waals surface area contributed by atoms with Crippen molar-refractivity contribution in [1.29, 1.82) is 0 Å².